The number of methoxy groups -OCH3 is 1. The summed E-state index contributed by atoms with van der Waals surface area (Å²) < 4.78 is 6.91. The zero-order chi connectivity index (χ0) is 21.4. The Morgan fingerprint density at radius 1 is 0.903 bits per heavy atom. The zero-order valence-electron chi connectivity index (χ0n) is 17.3. The lowest BCUT2D eigenvalue weighted by molar-refractivity contribution is 0.414. The molecular formula is C26H21N3O2. The van der Waals surface area contributed by atoms with Crippen molar-refractivity contribution in [3.63, 3.8) is 0 Å². The van der Waals surface area contributed by atoms with Crippen molar-refractivity contribution in [2.24, 2.45) is 0 Å². The minimum Gasteiger partial charge on any atom is -0.497 e. The van der Waals surface area contributed by atoms with Crippen molar-refractivity contribution in [1.82, 2.24) is 14.5 Å². The number of aromatic nitrogens is 3. The van der Waals surface area contributed by atoms with E-state index in [2.05, 4.69) is 17.1 Å². The van der Waals surface area contributed by atoms with Crippen LogP contribution in [0.1, 0.15) is 17.1 Å². The summed E-state index contributed by atoms with van der Waals surface area (Å²) in [5.74, 6) is 1.30. The van der Waals surface area contributed by atoms with Gasteiger partial charge >= 0.3 is 0 Å². The van der Waals surface area contributed by atoms with Gasteiger partial charge < -0.3 is 9.72 Å². The van der Waals surface area contributed by atoms with Gasteiger partial charge in [0.1, 0.15) is 11.6 Å². The molecule has 1 N–H and O–H groups in total. The molecule has 0 saturated carbocycles. The van der Waals surface area contributed by atoms with Crippen LogP contribution >= 0.6 is 0 Å². The number of nitrogens with one attached hydrogen (secondary N) is 1. The molecule has 0 aliphatic heterocycles. The van der Waals surface area contributed by atoms with Gasteiger partial charge in [-0.1, -0.05) is 30.3 Å². The first-order valence-corrected chi connectivity index (χ1v) is 10.1. The minimum atomic E-state index is -0.105. The van der Waals surface area contributed by atoms with E-state index in [4.69, 9.17) is 9.72 Å². The molecule has 0 aliphatic carbocycles. The molecule has 5 aromatic rings. The Labute approximate surface area is 179 Å². The second-order valence-electron chi connectivity index (χ2n) is 7.37. The summed E-state index contributed by atoms with van der Waals surface area (Å²) in [6.45, 7) is 2.05. The van der Waals surface area contributed by atoms with Gasteiger partial charge in [-0.3, -0.25) is 9.36 Å². The molecule has 0 radical (unpaired) electrons. The summed E-state index contributed by atoms with van der Waals surface area (Å²) in [5.41, 5.74) is 4.53. The summed E-state index contributed by atoms with van der Waals surface area (Å²) in [6.07, 6.45) is 3.92. The third kappa shape index (κ3) is 3.30. The molecule has 5 heteroatoms. The maximum absolute atomic E-state index is 13.4. The van der Waals surface area contributed by atoms with Crippen LogP contribution in [0.5, 0.6) is 5.75 Å². The van der Waals surface area contributed by atoms with Crippen LogP contribution in [-0.4, -0.2) is 21.6 Å². The van der Waals surface area contributed by atoms with Gasteiger partial charge in [-0.25, -0.2) is 4.98 Å². The Bertz CT molecular complexity index is 1490. The van der Waals surface area contributed by atoms with Crippen LogP contribution in [0.2, 0.25) is 0 Å². The van der Waals surface area contributed by atoms with E-state index in [0.29, 0.717) is 16.7 Å². The molecule has 2 aromatic heterocycles. The van der Waals surface area contributed by atoms with E-state index < -0.39 is 0 Å². The zero-order valence-corrected chi connectivity index (χ0v) is 17.3. The van der Waals surface area contributed by atoms with Crippen molar-refractivity contribution in [2.45, 2.75) is 6.92 Å². The molecule has 2 heterocycles. The fourth-order valence-electron chi connectivity index (χ4n) is 3.91. The lowest BCUT2D eigenvalue weighted by Gasteiger charge is -2.12. The highest BCUT2D eigenvalue weighted by Gasteiger charge is 2.12. The Balaban J connectivity index is 1.72. The fourth-order valence-corrected chi connectivity index (χ4v) is 3.91. The first-order valence-electron chi connectivity index (χ1n) is 10.1. The SMILES string of the molecule is COc1ccc(-n2c(C=Cc3c(C)[nH]c4ccccc34)nc3ccccc3c2=O)cc1. The number of nitrogens with zero attached hydrogens (tertiary/aromatic N) is 2. The molecule has 0 bridgehead atoms. The average molecular weight is 407 g/mol. The molecular weight excluding hydrogens is 386 g/mol. The lowest BCUT2D eigenvalue weighted by Crippen LogP contribution is -2.22. The van der Waals surface area contributed by atoms with Gasteiger partial charge in [0.2, 0.25) is 0 Å². The third-order valence-electron chi connectivity index (χ3n) is 5.47. The number of para-hydroxylation sites is 2. The largest absolute Gasteiger partial charge is 0.497 e. The Morgan fingerprint density at radius 3 is 2.39 bits per heavy atom. The number of fused-ring (bicyclic) bond motifs is 2. The van der Waals surface area contributed by atoms with Crippen LogP contribution < -0.4 is 10.3 Å². The summed E-state index contributed by atoms with van der Waals surface area (Å²) in [5, 5.41) is 1.72. The Hall–Kier alpha value is -4.12. The van der Waals surface area contributed by atoms with Crippen LogP contribution in [-0.2, 0) is 0 Å². The number of aromatic amines is 1. The molecule has 0 spiro atoms. The number of rotatable bonds is 4. The van der Waals surface area contributed by atoms with Gasteiger partial charge in [0.05, 0.1) is 23.7 Å². The average Bonchev–Trinajstić information content (AvgIpc) is 3.13. The predicted octanol–water partition coefficient (Wildman–Crippen LogP) is 5.35. The Kier molecular flexibility index (Phi) is 4.64. The molecule has 0 unspecified atom stereocenters. The number of hydrogen-bond acceptors (Lipinski definition) is 3. The van der Waals surface area contributed by atoms with E-state index in [1.54, 1.807) is 11.7 Å². The number of aryl methyl sites for hydroxylation is 1. The summed E-state index contributed by atoms with van der Waals surface area (Å²) >= 11 is 0. The van der Waals surface area contributed by atoms with Crippen molar-refractivity contribution in [2.75, 3.05) is 7.11 Å². The highest BCUT2D eigenvalue weighted by atomic mass is 16.5. The van der Waals surface area contributed by atoms with Gasteiger partial charge in [0, 0.05) is 22.2 Å². The second-order valence-corrected chi connectivity index (χ2v) is 7.37. The quantitative estimate of drug-likeness (QED) is 0.437. The topological polar surface area (TPSA) is 59.9 Å². The molecule has 0 fully saturated rings. The van der Waals surface area contributed by atoms with Crippen LogP contribution in [0.4, 0.5) is 0 Å². The monoisotopic (exact) mass is 407 g/mol. The summed E-state index contributed by atoms with van der Waals surface area (Å²) in [7, 11) is 1.62. The van der Waals surface area contributed by atoms with E-state index in [1.165, 1.54) is 0 Å². The fraction of sp³-hybridized carbons (Fsp3) is 0.0769. The van der Waals surface area contributed by atoms with E-state index in [1.807, 2.05) is 79.7 Å². The Morgan fingerprint density at radius 2 is 1.61 bits per heavy atom. The molecule has 3 aromatic carbocycles. The minimum absolute atomic E-state index is 0.105. The molecule has 0 atom stereocenters. The van der Waals surface area contributed by atoms with Crippen molar-refractivity contribution in [3.05, 3.63) is 100 Å². The summed E-state index contributed by atoms with van der Waals surface area (Å²) in [4.78, 5) is 21.6. The summed E-state index contributed by atoms with van der Waals surface area (Å²) in [6, 6.07) is 23.0. The first kappa shape index (κ1) is 18.9. The standard InChI is InChI=1S/C26H21N3O2/c1-17-20(21-7-3-5-9-23(21)27-17)15-16-25-28-24-10-6-4-8-22(24)26(30)29(25)18-11-13-19(31-2)14-12-18/h3-16,27H,1-2H3. The van der Waals surface area contributed by atoms with E-state index in [9.17, 15) is 4.79 Å². The van der Waals surface area contributed by atoms with Crippen LogP contribution in [0.3, 0.4) is 0 Å². The van der Waals surface area contributed by atoms with E-state index >= 15 is 0 Å². The smallest absolute Gasteiger partial charge is 0.266 e. The first-order chi connectivity index (χ1) is 15.2. The van der Waals surface area contributed by atoms with Crippen molar-refractivity contribution in [3.8, 4) is 11.4 Å². The highest BCUT2D eigenvalue weighted by Crippen LogP contribution is 2.24. The number of benzene rings is 3. The number of H-pyrrole nitrogens is 1. The van der Waals surface area contributed by atoms with Crippen molar-refractivity contribution < 1.29 is 4.74 Å². The lowest BCUT2D eigenvalue weighted by atomic mass is 10.1. The molecule has 0 amide bonds. The predicted molar refractivity (Wildman–Crippen MR) is 126 cm³/mol. The van der Waals surface area contributed by atoms with Gasteiger partial charge in [0.15, 0.2) is 0 Å². The number of hydrogen-bond donors (Lipinski definition) is 1. The van der Waals surface area contributed by atoms with E-state index in [-0.39, 0.29) is 5.56 Å². The van der Waals surface area contributed by atoms with Gasteiger partial charge in [-0.15, -0.1) is 0 Å². The molecule has 0 saturated heterocycles. The van der Waals surface area contributed by atoms with Crippen molar-refractivity contribution >= 4 is 34.0 Å². The molecule has 0 aliphatic rings. The maximum Gasteiger partial charge on any atom is 0.266 e. The van der Waals surface area contributed by atoms with Crippen LogP contribution in [0.15, 0.2) is 77.6 Å². The number of ether oxygens (including phenoxy) is 1. The van der Waals surface area contributed by atoms with Gasteiger partial charge in [0.25, 0.3) is 5.56 Å². The van der Waals surface area contributed by atoms with Gasteiger partial charge in [-0.05, 0) is 61.5 Å². The maximum atomic E-state index is 13.4. The molecule has 152 valence electrons. The highest BCUT2D eigenvalue weighted by molar-refractivity contribution is 5.93. The normalized spacial score (nSPS) is 11.5. The van der Waals surface area contributed by atoms with Crippen LogP contribution in [0, 0.1) is 6.92 Å². The van der Waals surface area contributed by atoms with Crippen LogP contribution in [0.25, 0.3) is 39.6 Å². The van der Waals surface area contributed by atoms with Crippen molar-refractivity contribution in [1.29, 1.82) is 0 Å². The second kappa shape index (κ2) is 7.61. The van der Waals surface area contributed by atoms with Gasteiger partial charge in [-0.2, -0.15) is 0 Å². The third-order valence-corrected chi connectivity index (χ3v) is 5.47. The van der Waals surface area contributed by atoms with E-state index in [0.717, 1.165) is 33.6 Å². The molecule has 31 heavy (non-hydrogen) atoms. The molecule has 5 nitrogen and oxygen atoms in total. The molecule has 5 rings (SSSR count).